The third-order valence-electron chi connectivity index (χ3n) is 4.73. The quantitative estimate of drug-likeness (QED) is 0.832. The fraction of sp³-hybridized carbons (Fsp3) is 0.647. The van der Waals surface area contributed by atoms with Crippen molar-refractivity contribution in [3.63, 3.8) is 0 Å². The molecule has 0 heterocycles. The minimum absolute atomic E-state index is 0.109. The molecule has 0 amide bonds. The van der Waals surface area contributed by atoms with Crippen molar-refractivity contribution >= 4 is 0 Å². The third kappa shape index (κ3) is 3.58. The van der Waals surface area contributed by atoms with Crippen LogP contribution in [0, 0.1) is 5.82 Å². The van der Waals surface area contributed by atoms with Crippen LogP contribution in [0.15, 0.2) is 24.3 Å². The Balaban J connectivity index is 2.16. The molecule has 2 rings (SSSR count). The number of hydrogen-bond donors (Lipinski definition) is 1. The van der Waals surface area contributed by atoms with Crippen LogP contribution in [-0.4, -0.2) is 23.5 Å². The van der Waals surface area contributed by atoms with Crippen molar-refractivity contribution in [2.75, 3.05) is 13.1 Å². The summed E-state index contributed by atoms with van der Waals surface area (Å²) in [4.78, 5) is 2.47. The average Bonchev–Trinajstić information content (AvgIpc) is 2.71. The molecule has 0 aromatic heterocycles. The van der Waals surface area contributed by atoms with Crippen molar-refractivity contribution in [3.8, 4) is 0 Å². The minimum Gasteiger partial charge on any atom is -0.329 e. The Morgan fingerprint density at radius 3 is 2.45 bits per heavy atom. The molecule has 0 saturated heterocycles. The van der Waals surface area contributed by atoms with E-state index in [1.54, 1.807) is 12.1 Å². The van der Waals surface area contributed by atoms with Crippen LogP contribution in [0.25, 0.3) is 0 Å². The summed E-state index contributed by atoms with van der Waals surface area (Å²) >= 11 is 0. The Labute approximate surface area is 122 Å². The van der Waals surface area contributed by atoms with Gasteiger partial charge in [-0.2, -0.15) is 0 Å². The van der Waals surface area contributed by atoms with Gasteiger partial charge in [-0.05, 0) is 37.1 Å². The van der Waals surface area contributed by atoms with Crippen LogP contribution < -0.4 is 5.73 Å². The first-order valence-corrected chi connectivity index (χ1v) is 7.90. The highest BCUT2D eigenvalue weighted by atomic mass is 19.1. The molecule has 20 heavy (non-hydrogen) atoms. The van der Waals surface area contributed by atoms with Crippen LogP contribution in [0.3, 0.4) is 0 Å². The molecular formula is C17H27FN2. The fourth-order valence-electron chi connectivity index (χ4n) is 3.51. The molecule has 2 nitrogen and oxygen atoms in total. The second-order valence-corrected chi connectivity index (χ2v) is 5.99. The van der Waals surface area contributed by atoms with Crippen LogP contribution in [-0.2, 0) is 6.54 Å². The highest BCUT2D eigenvalue weighted by Gasteiger charge is 2.34. The van der Waals surface area contributed by atoms with Crippen molar-refractivity contribution in [2.24, 2.45) is 5.73 Å². The second-order valence-electron chi connectivity index (χ2n) is 5.99. The summed E-state index contributed by atoms with van der Waals surface area (Å²) in [5.41, 5.74) is 7.31. The Bertz CT molecular complexity index is 411. The Morgan fingerprint density at radius 2 is 1.90 bits per heavy atom. The lowest BCUT2D eigenvalue weighted by molar-refractivity contribution is 0.0755. The first-order chi connectivity index (χ1) is 9.70. The van der Waals surface area contributed by atoms with E-state index in [9.17, 15) is 4.39 Å². The molecule has 1 aromatic carbocycles. The molecule has 0 radical (unpaired) electrons. The molecule has 1 aliphatic carbocycles. The first kappa shape index (κ1) is 15.5. The largest absolute Gasteiger partial charge is 0.329 e. The molecule has 0 unspecified atom stereocenters. The minimum atomic E-state index is -0.152. The smallest absolute Gasteiger partial charge is 0.123 e. The molecule has 0 spiro atoms. The predicted molar refractivity (Wildman–Crippen MR) is 82.0 cm³/mol. The van der Waals surface area contributed by atoms with Crippen LogP contribution in [0.4, 0.5) is 4.39 Å². The summed E-state index contributed by atoms with van der Waals surface area (Å²) in [6.45, 7) is 4.65. The van der Waals surface area contributed by atoms with Gasteiger partial charge in [0.2, 0.25) is 0 Å². The summed E-state index contributed by atoms with van der Waals surface area (Å²) in [6, 6.07) is 6.95. The molecule has 3 heteroatoms. The average molecular weight is 278 g/mol. The lowest BCUT2D eigenvalue weighted by Gasteiger charge is -2.43. The van der Waals surface area contributed by atoms with Gasteiger partial charge in [-0.25, -0.2) is 4.39 Å². The second kappa shape index (κ2) is 7.19. The van der Waals surface area contributed by atoms with Gasteiger partial charge < -0.3 is 5.73 Å². The summed E-state index contributed by atoms with van der Waals surface area (Å²) < 4.78 is 13.4. The Hall–Kier alpha value is -0.930. The summed E-state index contributed by atoms with van der Waals surface area (Å²) in [5.74, 6) is -0.152. The van der Waals surface area contributed by atoms with E-state index in [2.05, 4.69) is 11.8 Å². The maximum absolute atomic E-state index is 13.4. The van der Waals surface area contributed by atoms with Gasteiger partial charge in [-0.1, -0.05) is 44.7 Å². The van der Waals surface area contributed by atoms with Gasteiger partial charge in [0.05, 0.1) is 0 Å². The van der Waals surface area contributed by atoms with Crippen LogP contribution in [0.5, 0.6) is 0 Å². The first-order valence-electron chi connectivity index (χ1n) is 7.90. The lowest BCUT2D eigenvalue weighted by Crippen LogP contribution is -2.53. The van der Waals surface area contributed by atoms with Gasteiger partial charge >= 0.3 is 0 Å². The summed E-state index contributed by atoms with van der Waals surface area (Å²) in [5, 5.41) is 0. The normalized spacial score (nSPS) is 19.0. The number of nitrogens with two attached hydrogens (primary N) is 1. The van der Waals surface area contributed by atoms with E-state index in [-0.39, 0.29) is 11.4 Å². The Morgan fingerprint density at radius 1 is 1.20 bits per heavy atom. The number of likely N-dealkylation sites (N-methyl/N-ethyl adjacent to an activating group) is 1. The van der Waals surface area contributed by atoms with Crippen molar-refractivity contribution in [1.82, 2.24) is 4.90 Å². The van der Waals surface area contributed by atoms with E-state index in [0.717, 1.165) is 18.7 Å². The molecular weight excluding hydrogens is 251 g/mol. The molecule has 2 N–H and O–H groups in total. The van der Waals surface area contributed by atoms with Crippen LogP contribution in [0.2, 0.25) is 0 Å². The molecule has 0 bridgehead atoms. The monoisotopic (exact) mass is 278 g/mol. The molecule has 112 valence electrons. The molecule has 0 aliphatic heterocycles. The molecule has 1 saturated carbocycles. The Kier molecular flexibility index (Phi) is 5.55. The zero-order valence-corrected chi connectivity index (χ0v) is 12.6. The van der Waals surface area contributed by atoms with E-state index >= 15 is 0 Å². The van der Waals surface area contributed by atoms with Gasteiger partial charge in [-0.15, -0.1) is 0 Å². The number of halogens is 1. The standard InChI is InChI=1S/C17H27FN2/c1-2-20(13-15-8-7-9-16(18)12-15)17(14-19)10-5-3-4-6-11-17/h7-9,12H,2-6,10-11,13-14,19H2,1H3. The summed E-state index contributed by atoms with van der Waals surface area (Å²) in [6.07, 6.45) is 7.51. The highest BCUT2D eigenvalue weighted by Crippen LogP contribution is 2.32. The van der Waals surface area contributed by atoms with Crippen molar-refractivity contribution in [3.05, 3.63) is 35.6 Å². The molecule has 1 aromatic rings. The third-order valence-corrected chi connectivity index (χ3v) is 4.73. The number of hydrogen-bond acceptors (Lipinski definition) is 2. The maximum atomic E-state index is 13.4. The molecule has 1 aliphatic rings. The highest BCUT2D eigenvalue weighted by molar-refractivity contribution is 5.16. The van der Waals surface area contributed by atoms with Crippen molar-refractivity contribution in [1.29, 1.82) is 0 Å². The van der Waals surface area contributed by atoms with Gasteiger partial charge in [0, 0.05) is 18.6 Å². The zero-order valence-electron chi connectivity index (χ0n) is 12.6. The molecule has 0 atom stereocenters. The summed E-state index contributed by atoms with van der Waals surface area (Å²) in [7, 11) is 0. The maximum Gasteiger partial charge on any atom is 0.123 e. The van der Waals surface area contributed by atoms with Gasteiger partial charge in [0.1, 0.15) is 5.82 Å². The van der Waals surface area contributed by atoms with Crippen LogP contribution >= 0.6 is 0 Å². The van der Waals surface area contributed by atoms with Crippen LogP contribution in [0.1, 0.15) is 51.0 Å². The number of nitrogens with zero attached hydrogens (tertiary/aromatic N) is 1. The van der Waals surface area contributed by atoms with E-state index in [4.69, 9.17) is 5.73 Å². The van der Waals surface area contributed by atoms with Gasteiger partial charge in [0.15, 0.2) is 0 Å². The van der Waals surface area contributed by atoms with E-state index in [1.807, 2.05) is 6.07 Å². The van der Waals surface area contributed by atoms with Gasteiger partial charge in [0.25, 0.3) is 0 Å². The number of rotatable bonds is 5. The fourth-order valence-corrected chi connectivity index (χ4v) is 3.51. The van der Waals surface area contributed by atoms with Gasteiger partial charge in [-0.3, -0.25) is 4.90 Å². The van der Waals surface area contributed by atoms with E-state index < -0.39 is 0 Å². The van der Waals surface area contributed by atoms with E-state index in [1.165, 1.54) is 44.6 Å². The van der Waals surface area contributed by atoms with E-state index in [0.29, 0.717) is 6.54 Å². The number of benzene rings is 1. The van der Waals surface area contributed by atoms with Crippen molar-refractivity contribution in [2.45, 2.75) is 57.5 Å². The predicted octanol–water partition coefficient (Wildman–Crippen LogP) is 3.70. The lowest BCUT2D eigenvalue weighted by atomic mass is 9.87. The molecule has 1 fully saturated rings. The zero-order chi connectivity index (χ0) is 14.4. The topological polar surface area (TPSA) is 29.3 Å². The SMILES string of the molecule is CCN(Cc1cccc(F)c1)C1(CN)CCCCCC1. The van der Waals surface area contributed by atoms with Crippen molar-refractivity contribution < 1.29 is 4.39 Å².